The Bertz CT molecular complexity index is 241. The monoisotopic (exact) mass is 213 g/mol. The Morgan fingerprint density at radius 1 is 1.43 bits per heavy atom. The highest BCUT2D eigenvalue weighted by Crippen LogP contribution is 2.06. The molecule has 0 aromatic carbocycles. The topological polar surface area (TPSA) is 41.5 Å². The second-order valence-corrected chi connectivity index (χ2v) is 9.51. The summed E-state index contributed by atoms with van der Waals surface area (Å²) in [5, 5.41) is 13.2. The van der Waals surface area contributed by atoms with Gasteiger partial charge in [0, 0.05) is 13.1 Å². The molecule has 0 radical (unpaired) electrons. The van der Waals surface area contributed by atoms with Gasteiger partial charge in [-0.2, -0.15) is 0 Å². The second kappa shape index (κ2) is 4.45. The lowest BCUT2D eigenvalue weighted by Crippen LogP contribution is -2.41. The van der Waals surface area contributed by atoms with Gasteiger partial charge in [-0.1, -0.05) is 25.6 Å². The molecule has 1 heterocycles. The van der Waals surface area contributed by atoms with E-state index in [1.807, 2.05) is 0 Å². The Morgan fingerprint density at radius 2 is 2.14 bits per heavy atom. The molecule has 0 spiro atoms. The average molecular weight is 213 g/mol. The number of β-amino-alcohol motifs (C(OH)–C–C–N with tert-alkyl or cyclic N) is 1. The van der Waals surface area contributed by atoms with Crippen LogP contribution in [-0.2, 0) is 4.74 Å². The molecule has 14 heavy (non-hydrogen) atoms. The Labute approximate surface area is 86.9 Å². The van der Waals surface area contributed by atoms with Gasteiger partial charge in [0.05, 0.1) is 13.2 Å². The van der Waals surface area contributed by atoms with E-state index in [1.165, 1.54) is 0 Å². The van der Waals surface area contributed by atoms with Crippen LogP contribution in [0.3, 0.4) is 0 Å². The first kappa shape index (κ1) is 11.7. The van der Waals surface area contributed by atoms with Gasteiger partial charge in [-0.05, 0) is 0 Å². The molecule has 0 saturated carbocycles. The summed E-state index contributed by atoms with van der Waals surface area (Å²) in [5.41, 5.74) is 2.19. The zero-order valence-corrected chi connectivity index (χ0v) is 10.2. The van der Waals surface area contributed by atoms with E-state index in [4.69, 9.17) is 4.74 Å². The summed E-state index contributed by atoms with van der Waals surface area (Å²) in [6.07, 6.45) is 0. The van der Waals surface area contributed by atoms with Gasteiger partial charge in [-0.15, -0.1) is 5.54 Å². The van der Waals surface area contributed by atoms with Crippen molar-refractivity contribution in [2.75, 3.05) is 26.3 Å². The maximum atomic E-state index is 10.1. The molecule has 0 aromatic rings. The van der Waals surface area contributed by atoms with Crippen LogP contribution in [0.1, 0.15) is 0 Å². The predicted octanol–water partition coefficient (Wildman–Crippen LogP) is 0.218. The molecule has 1 atom stereocenters. The quantitative estimate of drug-likeness (QED) is 0.447. The minimum Gasteiger partial charge on any atom is -0.376 e. The van der Waals surface area contributed by atoms with Crippen LogP contribution in [0.4, 0.5) is 0 Å². The molecule has 0 bridgehead atoms. The van der Waals surface area contributed by atoms with Crippen LogP contribution in [0.25, 0.3) is 0 Å². The van der Waals surface area contributed by atoms with E-state index in [0.717, 1.165) is 6.54 Å². The molecule has 1 unspecified atom stereocenters. The number of hydrogen-bond donors (Lipinski definition) is 2. The van der Waals surface area contributed by atoms with Gasteiger partial charge in [-0.25, -0.2) is 0 Å². The molecule has 1 fully saturated rings. The molecule has 0 amide bonds. The maximum absolute atomic E-state index is 10.1. The molecular formula is C10H19NO2Si. The average Bonchev–Trinajstić information content (AvgIpc) is 2.27. The van der Waals surface area contributed by atoms with Crippen LogP contribution in [0.5, 0.6) is 0 Å². The normalized spacial score (nSPS) is 28.9. The van der Waals surface area contributed by atoms with Crippen molar-refractivity contribution in [2.45, 2.75) is 25.2 Å². The minimum atomic E-state index is -1.41. The van der Waals surface area contributed by atoms with Gasteiger partial charge in [-0.3, -0.25) is 0 Å². The molecule has 80 valence electrons. The van der Waals surface area contributed by atoms with E-state index in [2.05, 4.69) is 36.4 Å². The van der Waals surface area contributed by atoms with Crippen LogP contribution >= 0.6 is 0 Å². The fraction of sp³-hybridized carbons (Fsp3) is 0.800. The lowest BCUT2D eigenvalue weighted by Gasteiger charge is -2.19. The summed E-state index contributed by atoms with van der Waals surface area (Å²) in [4.78, 5) is 0. The molecular weight excluding hydrogens is 194 g/mol. The van der Waals surface area contributed by atoms with E-state index in [-0.39, 0.29) is 0 Å². The fourth-order valence-electron chi connectivity index (χ4n) is 1.12. The van der Waals surface area contributed by atoms with Crippen molar-refractivity contribution < 1.29 is 9.84 Å². The van der Waals surface area contributed by atoms with Crippen molar-refractivity contribution >= 4 is 8.07 Å². The molecule has 1 aliphatic heterocycles. The minimum absolute atomic E-state index is 0.317. The molecule has 2 N–H and O–H groups in total. The third-order valence-electron chi connectivity index (χ3n) is 1.85. The van der Waals surface area contributed by atoms with Gasteiger partial charge in [0.2, 0.25) is 0 Å². The first-order valence-electron chi connectivity index (χ1n) is 4.97. The SMILES string of the molecule is C[Si](C)(C)C#CC1(O)CNCCOC1. The Morgan fingerprint density at radius 3 is 2.79 bits per heavy atom. The summed E-state index contributed by atoms with van der Waals surface area (Å²) < 4.78 is 5.28. The lowest BCUT2D eigenvalue weighted by atomic mass is 10.1. The Kier molecular flexibility index (Phi) is 3.73. The van der Waals surface area contributed by atoms with Crippen molar-refractivity contribution in [1.29, 1.82) is 0 Å². The van der Waals surface area contributed by atoms with Crippen molar-refractivity contribution in [3.05, 3.63) is 0 Å². The molecule has 0 aromatic heterocycles. The van der Waals surface area contributed by atoms with Crippen molar-refractivity contribution in [1.82, 2.24) is 5.32 Å². The highest BCUT2D eigenvalue weighted by Gasteiger charge is 2.26. The van der Waals surface area contributed by atoms with Crippen LogP contribution in [0.2, 0.25) is 19.6 Å². The summed E-state index contributed by atoms with van der Waals surface area (Å²) in [5.74, 6) is 2.96. The molecule has 0 aliphatic carbocycles. The number of aliphatic hydroxyl groups is 1. The van der Waals surface area contributed by atoms with Crippen LogP contribution in [0, 0.1) is 11.5 Å². The van der Waals surface area contributed by atoms with E-state index in [9.17, 15) is 5.11 Å². The largest absolute Gasteiger partial charge is 0.376 e. The summed E-state index contributed by atoms with van der Waals surface area (Å²) in [6, 6.07) is 0. The standard InChI is InChI=1S/C10H19NO2Si/c1-14(2,3)7-4-10(12)8-11-5-6-13-9-10/h11-12H,5-6,8-9H2,1-3H3. The Hall–Kier alpha value is -0.343. The molecule has 3 nitrogen and oxygen atoms in total. The first-order chi connectivity index (χ1) is 6.41. The van der Waals surface area contributed by atoms with E-state index >= 15 is 0 Å². The van der Waals surface area contributed by atoms with Gasteiger partial charge in [0.15, 0.2) is 5.60 Å². The smallest absolute Gasteiger partial charge is 0.160 e. The molecule has 4 heteroatoms. The zero-order chi connectivity index (χ0) is 10.7. The highest BCUT2D eigenvalue weighted by molar-refractivity contribution is 6.83. The maximum Gasteiger partial charge on any atom is 0.160 e. The van der Waals surface area contributed by atoms with Gasteiger partial charge in [0.25, 0.3) is 0 Å². The van der Waals surface area contributed by atoms with E-state index in [0.29, 0.717) is 19.8 Å². The summed E-state index contributed by atoms with van der Waals surface area (Å²) >= 11 is 0. The number of ether oxygens (including phenoxy) is 1. The number of rotatable bonds is 0. The van der Waals surface area contributed by atoms with Crippen LogP contribution in [0.15, 0.2) is 0 Å². The molecule has 1 aliphatic rings. The molecule has 1 rings (SSSR count). The van der Waals surface area contributed by atoms with Gasteiger partial charge in [0.1, 0.15) is 8.07 Å². The number of nitrogens with one attached hydrogen (secondary N) is 1. The highest BCUT2D eigenvalue weighted by atomic mass is 28.3. The third kappa shape index (κ3) is 4.25. The van der Waals surface area contributed by atoms with Gasteiger partial charge >= 0.3 is 0 Å². The van der Waals surface area contributed by atoms with E-state index < -0.39 is 13.7 Å². The zero-order valence-electron chi connectivity index (χ0n) is 9.18. The van der Waals surface area contributed by atoms with Crippen molar-refractivity contribution in [2.24, 2.45) is 0 Å². The van der Waals surface area contributed by atoms with Crippen LogP contribution < -0.4 is 5.32 Å². The molecule has 1 saturated heterocycles. The predicted molar refractivity (Wildman–Crippen MR) is 59.8 cm³/mol. The van der Waals surface area contributed by atoms with Crippen molar-refractivity contribution in [3.8, 4) is 11.5 Å². The third-order valence-corrected chi connectivity index (χ3v) is 2.73. The summed E-state index contributed by atoms with van der Waals surface area (Å²) in [6.45, 7) is 8.74. The summed E-state index contributed by atoms with van der Waals surface area (Å²) in [7, 11) is -1.41. The van der Waals surface area contributed by atoms with E-state index in [1.54, 1.807) is 0 Å². The number of hydrogen-bond acceptors (Lipinski definition) is 3. The van der Waals surface area contributed by atoms with Crippen LogP contribution in [-0.4, -0.2) is 45.1 Å². The van der Waals surface area contributed by atoms with Gasteiger partial charge < -0.3 is 15.2 Å². The lowest BCUT2D eigenvalue weighted by molar-refractivity contribution is 0.0143. The second-order valence-electron chi connectivity index (χ2n) is 4.76. The first-order valence-corrected chi connectivity index (χ1v) is 8.47. The van der Waals surface area contributed by atoms with Crippen molar-refractivity contribution in [3.63, 3.8) is 0 Å². The Balaban J connectivity index is 2.66. The fourth-order valence-corrected chi connectivity index (χ4v) is 1.72.